The highest BCUT2D eigenvalue weighted by atomic mass is 32.2. The summed E-state index contributed by atoms with van der Waals surface area (Å²) in [5.74, 6) is 0.221. The maximum Gasteiger partial charge on any atom is 0.247 e. The average molecular weight is 273 g/mol. The summed E-state index contributed by atoms with van der Waals surface area (Å²) in [6.45, 7) is 2.18. The third kappa shape index (κ3) is 2.57. The van der Waals surface area contributed by atoms with Crippen molar-refractivity contribution in [3.8, 4) is 0 Å². The summed E-state index contributed by atoms with van der Waals surface area (Å²) in [6, 6.07) is 11.2. The van der Waals surface area contributed by atoms with Crippen LogP contribution in [-0.4, -0.2) is 22.9 Å². The lowest BCUT2D eigenvalue weighted by atomic mass is 10.1. The van der Waals surface area contributed by atoms with Gasteiger partial charge in [0.2, 0.25) is 5.91 Å². The van der Waals surface area contributed by atoms with Gasteiger partial charge in [0.05, 0.1) is 0 Å². The monoisotopic (exact) mass is 273 g/mol. The summed E-state index contributed by atoms with van der Waals surface area (Å²) in [6.07, 6.45) is 6.29. The third-order valence-electron chi connectivity index (χ3n) is 4.06. The van der Waals surface area contributed by atoms with Gasteiger partial charge in [0, 0.05) is 23.1 Å². The lowest BCUT2D eigenvalue weighted by Gasteiger charge is -2.33. The number of carbonyl (C=O) groups excluding carboxylic acids is 1. The predicted molar refractivity (Wildman–Crippen MR) is 78.9 cm³/mol. The number of carbonyl (C=O) groups is 1. The van der Waals surface area contributed by atoms with Crippen LogP contribution in [0.5, 0.6) is 0 Å². The minimum atomic E-state index is 0.221. The maximum absolute atomic E-state index is 12.3. The second kappa shape index (κ2) is 5.41. The number of benzene rings is 1. The smallest absolute Gasteiger partial charge is 0.247 e. The molecule has 2 nitrogen and oxygen atoms in total. The topological polar surface area (TPSA) is 20.3 Å². The van der Waals surface area contributed by atoms with E-state index in [9.17, 15) is 4.79 Å². The standard InChI is InChI=1S/C16H19NOS/c1-2-12-8-9-13-10-15(11-16(18)17(12)13)19-14-6-4-3-5-7-14/h3-7,11-13H,2,8-10H2,1H3/t12-,13-/m0/s1. The molecule has 19 heavy (non-hydrogen) atoms. The van der Waals surface area contributed by atoms with Crippen molar-refractivity contribution in [3.05, 3.63) is 41.3 Å². The van der Waals surface area contributed by atoms with Gasteiger partial charge in [-0.2, -0.15) is 0 Å². The number of nitrogens with zero attached hydrogens (tertiary/aromatic N) is 1. The van der Waals surface area contributed by atoms with Crippen molar-refractivity contribution in [1.82, 2.24) is 4.90 Å². The second-order valence-corrected chi connectivity index (χ2v) is 6.47. The van der Waals surface area contributed by atoms with E-state index in [4.69, 9.17) is 0 Å². The molecule has 0 spiro atoms. The Hall–Kier alpha value is -1.22. The summed E-state index contributed by atoms with van der Waals surface area (Å²) < 4.78 is 0. The molecule has 0 unspecified atom stereocenters. The first kappa shape index (κ1) is 12.8. The minimum Gasteiger partial charge on any atom is -0.333 e. The van der Waals surface area contributed by atoms with Crippen molar-refractivity contribution in [3.63, 3.8) is 0 Å². The van der Waals surface area contributed by atoms with E-state index in [1.54, 1.807) is 11.8 Å². The van der Waals surface area contributed by atoms with Gasteiger partial charge in [-0.25, -0.2) is 0 Å². The largest absolute Gasteiger partial charge is 0.333 e. The van der Waals surface area contributed by atoms with E-state index in [1.807, 2.05) is 24.3 Å². The molecule has 2 atom stereocenters. The zero-order chi connectivity index (χ0) is 13.2. The van der Waals surface area contributed by atoms with Crippen molar-refractivity contribution in [2.75, 3.05) is 0 Å². The Balaban J connectivity index is 1.76. The Bertz CT molecular complexity index is 497. The summed E-state index contributed by atoms with van der Waals surface area (Å²) in [5, 5.41) is 0. The number of fused-ring (bicyclic) bond motifs is 1. The number of amides is 1. The Labute approximate surface area is 118 Å². The molecule has 1 fully saturated rings. The van der Waals surface area contributed by atoms with Crippen LogP contribution in [0.4, 0.5) is 0 Å². The van der Waals surface area contributed by atoms with Crippen LogP contribution >= 0.6 is 11.8 Å². The molecule has 0 N–H and O–H groups in total. The van der Waals surface area contributed by atoms with Gasteiger partial charge in [0.1, 0.15) is 0 Å². The molecule has 1 amide bonds. The second-order valence-electron chi connectivity index (χ2n) is 5.27. The SMILES string of the molecule is CC[C@H]1CC[C@H]2CC(Sc3ccccc3)=CC(=O)N12. The fourth-order valence-electron chi connectivity index (χ4n) is 3.14. The minimum absolute atomic E-state index is 0.221. The molecule has 2 aliphatic rings. The van der Waals surface area contributed by atoms with Crippen molar-refractivity contribution >= 4 is 17.7 Å². The van der Waals surface area contributed by atoms with Crippen LogP contribution in [0.15, 0.2) is 46.2 Å². The first-order valence-electron chi connectivity index (χ1n) is 7.03. The van der Waals surface area contributed by atoms with Gasteiger partial charge in [0.25, 0.3) is 0 Å². The molecule has 0 aromatic heterocycles. The zero-order valence-electron chi connectivity index (χ0n) is 11.2. The molecule has 1 aromatic carbocycles. The Morgan fingerprint density at radius 2 is 2.05 bits per heavy atom. The van der Waals surface area contributed by atoms with Gasteiger partial charge < -0.3 is 4.90 Å². The number of hydrogen-bond acceptors (Lipinski definition) is 2. The molecule has 0 radical (unpaired) electrons. The van der Waals surface area contributed by atoms with Gasteiger partial charge in [-0.3, -0.25) is 4.79 Å². The highest BCUT2D eigenvalue weighted by molar-refractivity contribution is 8.03. The van der Waals surface area contributed by atoms with Crippen LogP contribution in [0.2, 0.25) is 0 Å². The van der Waals surface area contributed by atoms with Crippen molar-refractivity contribution < 1.29 is 4.79 Å². The molecule has 100 valence electrons. The van der Waals surface area contributed by atoms with Crippen LogP contribution in [0, 0.1) is 0 Å². The molecule has 0 bridgehead atoms. The van der Waals surface area contributed by atoms with Gasteiger partial charge in [-0.15, -0.1) is 0 Å². The fourth-order valence-corrected chi connectivity index (χ4v) is 4.17. The molecule has 0 saturated carbocycles. The van der Waals surface area contributed by atoms with Crippen molar-refractivity contribution in [2.24, 2.45) is 0 Å². The molecule has 2 heterocycles. The Morgan fingerprint density at radius 1 is 1.26 bits per heavy atom. The lowest BCUT2D eigenvalue weighted by molar-refractivity contribution is -0.129. The number of thioether (sulfide) groups is 1. The van der Waals surface area contributed by atoms with E-state index in [0.717, 1.165) is 19.3 Å². The summed E-state index contributed by atoms with van der Waals surface area (Å²) in [7, 11) is 0. The maximum atomic E-state index is 12.3. The molecule has 2 aliphatic heterocycles. The van der Waals surface area contributed by atoms with Crippen LogP contribution in [0.25, 0.3) is 0 Å². The summed E-state index contributed by atoms with van der Waals surface area (Å²) in [5.41, 5.74) is 0. The Kier molecular flexibility index (Phi) is 3.65. The van der Waals surface area contributed by atoms with Crippen LogP contribution < -0.4 is 0 Å². The van der Waals surface area contributed by atoms with Crippen LogP contribution in [-0.2, 0) is 4.79 Å². The fraction of sp³-hybridized carbons (Fsp3) is 0.438. The van der Waals surface area contributed by atoms with Crippen LogP contribution in [0.1, 0.15) is 32.6 Å². The first-order chi connectivity index (χ1) is 9.28. The molecule has 3 heteroatoms. The highest BCUT2D eigenvalue weighted by Crippen LogP contribution is 2.39. The normalized spacial score (nSPS) is 26.3. The van der Waals surface area contributed by atoms with E-state index >= 15 is 0 Å². The van der Waals surface area contributed by atoms with E-state index in [-0.39, 0.29) is 5.91 Å². The lowest BCUT2D eigenvalue weighted by Crippen LogP contribution is -2.42. The zero-order valence-corrected chi connectivity index (χ0v) is 12.0. The van der Waals surface area contributed by atoms with E-state index in [1.165, 1.54) is 16.2 Å². The van der Waals surface area contributed by atoms with E-state index in [2.05, 4.69) is 24.0 Å². The predicted octanol–water partition coefficient (Wildman–Crippen LogP) is 3.84. The van der Waals surface area contributed by atoms with Gasteiger partial charge in [0.15, 0.2) is 0 Å². The summed E-state index contributed by atoms with van der Waals surface area (Å²) in [4.78, 5) is 16.8. The average Bonchev–Trinajstić information content (AvgIpc) is 2.83. The van der Waals surface area contributed by atoms with Crippen LogP contribution in [0.3, 0.4) is 0 Å². The quantitative estimate of drug-likeness (QED) is 0.834. The van der Waals surface area contributed by atoms with Gasteiger partial charge in [-0.05, 0) is 42.7 Å². The van der Waals surface area contributed by atoms with E-state index in [0.29, 0.717) is 12.1 Å². The van der Waals surface area contributed by atoms with Gasteiger partial charge >= 0.3 is 0 Å². The molecule has 0 aliphatic carbocycles. The number of hydrogen-bond donors (Lipinski definition) is 0. The molecular weight excluding hydrogens is 254 g/mol. The first-order valence-corrected chi connectivity index (χ1v) is 7.85. The van der Waals surface area contributed by atoms with Crippen molar-refractivity contribution in [2.45, 2.75) is 49.6 Å². The van der Waals surface area contributed by atoms with Gasteiger partial charge in [-0.1, -0.05) is 36.9 Å². The third-order valence-corrected chi connectivity index (χ3v) is 5.11. The summed E-state index contributed by atoms with van der Waals surface area (Å²) >= 11 is 1.74. The molecule has 1 aromatic rings. The number of rotatable bonds is 3. The Morgan fingerprint density at radius 3 is 2.79 bits per heavy atom. The van der Waals surface area contributed by atoms with Crippen molar-refractivity contribution in [1.29, 1.82) is 0 Å². The van der Waals surface area contributed by atoms with E-state index < -0.39 is 0 Å². The molecule has 1 saturated heterocycles. The highest BCUT2D eigenvalue weighted by Gasteiger charge is 2.38. The molecular formula is C16H19NOS. The molecule has 3 rings (SSSR count).